The zero-order valence-electron chi connectivity index (χ0n) is 19.2. The first kappa shape index (κ1) is 24.6. The number of nitro groups is 1. The summed E-state index contributed by atoms with van der Waals surface area (Å²) in [6.45, 7) is 0. The summed E-state index contributed by atoms with van der Waals surface area (Å²) in [5, 5.41) is 23.7. The topological polar surface area (TPSA) is 143 Å². The fourth-order valence-electron chi connectivity index (χ4n) is 4.33. The van der Waals surface area contributed by atoms with E-state index in [0.717, 1.165) is 21.4 Å². The molecule has 0 saturated carbocycles. The number of hydrogen-bond acceptors (Lipinski definition) is 10. The van der Waals surface area contributed by atoms with Gasteiger partial charge in [-0.05, 0) is 42.0 Å². The van der Waals surface area contributed by atoms with Gasteiger partial charge in [0.2, 0.25) is 0 Å². The lowest BCUT2D eigenvalue weighted by Crippen LogP contribution is -2.33. The Balaban J connectivity index is 1.27. The molecule has 6 rings (SSSR count). The molecule has 4 aromatic rings. The van der Waals surface area contributed by atoms with E-state index < -0.39 is 16.9 Å². The van der Waals surface area contributed by atoms with Crippen molar-refractivity contribution in [3.8, 4) is 0 Å². The number of benzene rings is 3. The van der Waals surface area contributed by atoms with E-state index in [0.29, 0.717) is 42.9 Å². The first-order valence-electron chi connectivity index (χ1n) is 11.3. The molecule has 0 spiro atoms. The molecule has 2 atom stereocenters. The molecule has 2 aliphatic heterocycles. The number of nitrogens with zero attached hydrogens (tertiary/aromatic N) is 3. The van der Waals surface area contributed by atoms with Gasteiger partial charge in [0.05, 0.1) is 42.2 Å². The van der Waals surface area contributed by atoms with Crippen LogP contribution in [-0.2, 0) is 4.79 Å². The minimum absolute atomic E-state index is 0.0976. The molecular formula is C25H16N4O6S3. The molecule has 3 heterocycles. The van der Waals surface area contributed by atoms with Crippen molar-refractivity contribution in [2.24, 2.45) is 0 Å². The van der Waals surface area contributed by atoms with Crippen molar-refractivity contribution >= 4 is 74.2 Å². The number of aliphatic carboxylic acids is 1. The largest absolute Gasteiger partial charge is 0.480 e. The third-order valence-corrected chi connectivity index (χ3v) is 9.58. The van der Waals surface area contributed by atoms with Crippen molar-refractivity contribution in [3.63, 3.8) is 0 Å². The number of fused-ring (bicyclic) bond motifs is 2. The van der Waals surface area contributed by atoms with E-state index in [1.807, 2.05) is 0 Å². The Kier molecular flexibility index (Phi) is 6.14. The van der Waals surface area contributed by atoms with Crippen LogP contribution < -0.4 is 10.2 Å². The normalized spacial score (nSPS) is 18.8. The first-order chi connectivity index (χ1) is 18.3. The van der Waals surface area contributed by atoms with Gasteiger partial charge < -0.3 is 5.11 Å². The third kappa shape index (κ3) is 4.22. The summed E-state index contributed by atoms with van der Waals surface area (Å²) in [6.07, 6.45) is 0. The number of nitrogens with one attached hydrogen (secondary N) is 1. The Morgan fingerprint density at radius 3 is 2.50 bits per heavy atom. The first-order valence-corrected chi connectivity index (χ1v) is 13.9. The molecule has 190 valence electrons. The zero-order valence-corrected chi connectivity index (χ0v) is 21.6. The van der Waals surface area contributed by atoms with E-state index in [9.17, 15) is 29.6 Å². The molecule has 1 fully saturated rings. The molecule has 0 radical (unpaired) electrons. The molecule has 1 saturated heterocycles. The van der Waals surface area contributed by atoms with Crippen LogP contribution in [0.25, 0.3) is 10.2 Å². The van der Waals surface area contributed by atoms with E-state index in [2.05, 4.69) is 10.3 Å². The number of amides is 2. The highest BCUT2D eigenvalue weighted by atomic mass is 32.2. The van der Waals surface area contributed by atoms with Crippen LogP contribution in [0.2, 0.25) is 0 Å². The monoisotopic (exact) mass is 564 g/mol. The SMILES string of the molecule is O=C(O)[C@@H]1CS[C@@H](c2ccc(Sc3nc4ccc(N5C(=O)c6ccccc6C5=O)cc4s3)c([N+](=O)[O-])c2)N1. The van der Waals surface area contributed by atoms with Crippen LogP contribution >= 0.6 is 34.9 Å². The van der Waals surface area contributed by atoms with Gasteiger partial charge in [-0.1, -0.05) is 30.0 Å². The standard InChI is InChI=1S/C25H16N4O6S3/c30-22-14-3-1-2-4-15(14)23(31)28(22)13-6-7-16-20(10-13)38-25(27-16)37-19-8-5-12(9-18(19)29(34)35)21-26-17(11-36-21)24(32)33/h1-10,17,21,26H,11H2,(H,32,33)/t17-,21-/m0/s1. The zero-order chi connectivity index (χ0) is 26.6. The Labute approximate surface area is 227 Å². The second kappa shape index (κ2) is 9.51. The van der Waals surface area contributed by atoms with Crippen molar-refractivity contribution in [2.75, 3.05) is 10.7 Å². The van der Waals surface area contributed by atoms with E-state index in [1.54, 1.807) is 54.6 Å². The Morgan fingerprint density at radius 2 is 1.84 bits per heavy atom. The van der Waals surface area contributed by atoms with Crippen molar-refractivity contribution < 1.29 is 24.4 Å². The quantitative estimate of drug-likeness (QED) is 0.188. The summed E-state index contributed by atoms with van der Waals surface area (Å²) in [5.41, 5.74) is 2.32. The highest BCUT2D eigenvalue weighted by Crippen LogP contribution is 2.42. The molecule has 0 aliphatic carbocycles. The molecule has 0 bridgehead atoms. The fourth-order valence-corrected chi connectivity index (χ4v) is 7.69. The van der Waals surface area contributed by atoms with Gasteiger partial charge >= 0.3 is 5.97 Å². The van der Waals surface area contributed by atoms with Crippen LogP contribution in [0.15, 0.2) is 69.9 Å². The third-order valence-electron chi connectivity index (χ3n) is 6.16. The molecular weight excluding hydrogens is 548 g/mol. The molecule has 13 heteroatoms. The maximum absolute atomic E-state index is 12.9. The van der Waals surface area contributed by atoms with Gasteiger partial charge in [-0.25, -0.2) is 9.88 Å². The highest BCUT2D eigenvalue weighted by molar-refractivity contribution is 8.01. The summed E-state index contributed by atoms with van der Waals surface area (Å²) in [5.74, 6) is -1.35. The molecule has 0 unspecified atom stereocenters. The number of rotatable bonds is 6. The predicted octanol–water partition coefficient (Wildman–Crippen LogP) is 4.94. The number of carboxylic acid groups (broad SMARTS) is 1. The van der Waals surface area contributed by atoms with Crippen LogP contribution in [0.3, 0.4) is 0 Å². The molecule has 38 heavy (non-hydrogen) atoms. The number of anilines is 1. The van der Waals surface area contributed by atoms with Crippen molar-refractivity contribution in [2.45, 2.75) is 20.7 Å². The smallest absolute Gasteiger partial charge is 0.321 e. The molecule has 2 N–H and O–H groups in total. The summed E-state index contributed by atoms with van der Waals surface area (Å²) in [4.78, 5) is 54.5. The average molecular weight is 565 g/mol. The van der Waals surface area contributed by atoms with Crippen LogP contribution in [0.4, 0.5) is 11.4 Å². The van der Waals surface area contributed by atoms with Gasteiger partial charge in [-0.2, -0.15) is 0 Å². The minimum atomic E-state index is -0.955. The number of thioether (sulfide) groups is 1. The van der Waals surface area contributed by atoms with E-state index in [1.165, 1.54) is 29.2 Å². The lowest BCUT2D eigenvalue weighted by atomic mass is 10.1. The summed E-state index contributed by atoms with van der Waals surface area (Å²) < 4.78 is 1.29. The Hall–Kier alpha value is -3.78. The molecule has 3 aromatic carbocycles. The average Bonchev–Trinajstić information content (AvgIpc) is 3.61. The minimum Gasteiger partial charge on any atom is -0.480 e. The second-order valence-corrected chi connectivity index (χ2v) is 11.9. The van der Waals surface area contributed by atoms with E-state index in [-0.39, 0.29) is 22.9 Å². The fraction of sp³-hybridized carbons (Fsp3) is 0.120. The van der Waals surface area contributed by atoms with Gasteiger partial charge in [-0.3, -0.25) is 29.8 Å². The lowest BCUT2D eigenvalue weighted by molar-refractivity contribution is -0.387. The summed E-state index contributed by atoms with van der Waals surface area (Å²) in [7, 11) is 0. The van der Waals surface area contributed by atoms with Gasteiger partial charge in [-0.15, -0.1) is 23.1 Å². The number of carbonyl (C=O) groups is 3. The van der Waals surface area contributed by atoms with Crippen molar-refractivity contribution in [1.29, 1.82) is 0 Å². The lowest BCUT2D eigenvalue weighted by Gasteiger charge is -2.13. The number of nitro benzene ring substituents is 1. The predicted molar refractivity (Wildman–Crippen MR) is 144 cm³/mol. The molecule has 10 nitrogen and oxygen atoms in total. The van der Waals surface area contributed by atoms with Crippen molar-refractivity contribution in [1.82, 2.24) is 10.3 Å². The summed E-state index contributed by atoms with van der Waals surface area (Å²) >= 11 is 3.84. The maximum atomic E-state index is 12.9. The van der Waals surface area contributed by atoms with Crippen molar-refractivity contribution in [3.05, 3.63) is 87.5 Å². The Bertz CT molecular complexity index is 1640. The number of carbonyl (C=O) groups excluding carboxylic acids is 2. The number of hydrogen-bond donors (Lipinski definition) is 2. The number of aromatic nitrogens is 1. The van der Waals surface area contributed by atoms with Crippen LogP contribution in [0.5, 0.6) is 0 Å². The van der Waals surface area contributed by atoms with E-state index >= 15 is 0 Å². The Morgan fingerprint density at radius 1 is 1.11 bits per heavy atom. The molecule has 2 amide bonds. The number of imide groups is 1. The summed E-state index contributed by atoms with van der Waals surface area (Å²) in [6, 6.07) is 15.9. The van der Waals surface area contributed by atoms with Crippen LogP contribution in [0.1, 0.15) is 31.7 Å². The van der Waals surface area contributed by atoms with Gasteiger partial charge in [0.25, 0.3) is 17.5 Å². The van der Waals surface area contributed by atoms with Crippen LogP contribution in [0, 0.1) is 10.1 Å². The van der Waals surface area contributed by atoms with Gasteiger partial charge in [0.1, 0.15) is 6.04 Å². The van der Waals surface area contributed by atoms with E-state index in [4.69, 9.17) is 0 Å². The number of carboxylic acids is 1. The second-order valence-electron chi connectivity index (χ2n) is 8.48. The highest BCUT2D eigenvalue weighted by Gasteiger charge is 2.36. The molecule has 1 aromatic heterocycles. The maximum Gasteiger partial charge on any atom is 0.321 e. The number of thiazole rings is 1. The van der Waals surface area contributed by atoms with Gasteiger partial charge in [0.15, 0.2) is 4.34 Å². The molecule has 2 aliphatic rings. The van der Waals surface area contributed by atoms with Crippen LogP contribution in [-0.4, -0.2) is 44.6 Å². The van der Waals surface area contributed by atoms with Gasteiger partial charge in [0, 0.05) is 11.8 Å².